The largest absolute Gasteiger partial charge is 0.330 e. The zero-order chi connectivity index (χ0) is 9.45. The van der Waals surface area contributed by atoms with Gasteiger partial charge in [0, 0.05) is 6.54 Å². The molecular weight excluding hydrogens is 166 g/mol. The fraction of sp³-hybridized carbons (Fsp3) is 0.800. The Morgan fingerprint density at radius 1 is 1.58 bits per heavy atom. The first-order chi connectivity index (χ1) is 5.68. The van der Waals surface area contributed by atoms with E-state index in [9.17, 15) is 0 Å². The molecule has 0 fully saturated rings. The average molecular weight is 187 g/mol. The second kappa shape index (κ2) is 6.55. The van der Waals surface area contributed by atoms with Crippen molar-refractivity contribution >= 4 is 11.8 Å². The lowest BCUT2D eigenvalue weighted by molar-refractivity contribution is 0.401. The first-order valence-electron chi connectivity index (χ1n) is 4.60. The minimum absolute atomic E-state index is 0.161. The predicted octanol–water partition coefficient (Wildman–Crippen LogP) is 2.67. The van der Waals surface area contributed by atoms with Crippen LogP contribution < -0.4 is 5.73 Å². The van der Waals surface area contributed by atoms with Gasteiger partial charge < -0.3 is 5.73 Å². The SMILES string of the molecule is C=CC(C)(CN)CCCSCC. The van der Waals surface area contributed by atoms with Gasteiger partial charge in [-0.3, -0.25) is 0 Å². The van der Waals surface area contributed by atoms with Crippen molar-refractivity contribution in [1.29, 1.82) is 0 Å². The molecule has 0 aromatic rings. The number of rotatable bonds is 7. The van der Waals surface area contributed by atoms with Crippen LogP contribution in [0.2, 0.25) is 0 Å². The minimum atomic E-state index is 0.161. The summed E-state index contributed by atoms with van der Waals surface area (Å²) in [5, 5.41) is 0. The van der Waals surface area contributed by atoms with Crippen molar-refractivity contribution in [2.24, 2.45) is 11.1 Å². The maximum absolute atomic E-state index is 5.65. The smallest absolute Gasteiger partial charge is 0.00114 e. The van der Waals surface area contributed by atoms with E-state index in [1.807, 2.05) is 17.8 Å². The first-order valence-corrected chi connectivity index (χ1v) is 5.75. The van der Waals surface area contributed by atoms with Crippen LogP contribution in [-0.4, -0.2) is 18.1 Å². The van der Waals surface area contributed by atoms with Gasteiger partial charge in [-0.2, -0.15) is 11.8 Å². The Bertz CT molecular complexity index is 125. The first kappa shape index (κ1) is 12.0. The van der Waals surface area contributed by atoms with Crippen LogP contribution in [0.5, 0.6) is 0 Å². The van der Waals surface area contributed by atoms with Crippen molar-refractivity contribution in [1.82, 2.24) is 0 Å². The van der Waals surface area contributed by atoms with Crippen LogP contribution >= 0.6 is 11.8 Å². The third-order valence-electron chi connectivity index (χ3n) is 2.20. The standard InChI is InChI=1S/C10H21NS/c1-4-10(3,9-11)7-6-8-12-5-2/h4H,1,5-9,11H2,2-3H3. The molecule has 0 bridgehead atoms. The average Bonchev–Trinajstić information content (AvgIpc) is 2.12. The number of hydrogen-bond acceptors (Lipinski definition) is 2. The Labute approximate surface area is 80.8 Å². The van der Waals surface area contributed by atoms with Crippen molar-refractivity contribution in [3.8, 4) is 0 Å². The molecule has 2 N–H and O–H groups in total. The van der Waals surface area contributed by atoms with Crippen LogP contribution in [0.15, 0.2) is 12.7 Å². The zero-order valence-electron chi connectivity index (χ0n) is 8.31. The van der Waals surface area contributed by atoms with Gasteiger partial charge in [-0.25, -0.2) is 0 Å². The zero-order valence-corrected chi connectivity index (χ0v) is 9.12. The lowest BCUT2D eigenvalue weighted by Crippen LogP contribution is -2.24. The molecule has 0 saturated heterocycles. The molecule has 1 unspecified atom stereocenters. The molecular formula is C10H21NS. The summed E-state index contributed by atoms with van der Waals surface area (Å²) in [5.41, 5.74) is 5.82. The molecule has 0 aliphatic rings. The Morgan fingerprint density at radius 2 is 2.25 bits per heavy atom. The minimum Gasteiger partial charge on any atom is -0.330 e. The molecule has 0 aromatic carbocycles. The molecule has 12 heavy (non-hydrogen) atoms. The summed E-state index contributed by atoms with van der Waals surface area (Å²) in [6, 6.07) is 0. The molecule has 0 aliphatic heterocycles. The molecule has 0 aliphatic carbocycles. The summed E-state index contributed by atoms with van der Waals surface area (Å²) >= 11 is 1.99. The highest BCUT2D eigenvalue weighted by molar-refractivity contribution is 7.99. The van der Waals surface area contributed by atoms with Crippen molar-refractivity contribution in [2.75, 3.05) is 18.1 Å². The third-order valence-corrected chi connectivity index (χ3v) is 3.19. The second-order valence-corrected chi connectivity index (χ2v) is 4.76. The molecule has 72 valence electrons. The van der Waals surface area contributed by atoms with Crippen molar-refractivity contribution < 1.29 is 0 Å². The van der Waals surface area contributed by atoms with Gasteiger partial charge in [0.1, 0.15) is 0 Å². The molecule has 0 amide bonds. The molecule has 0 rings (SSSR count). The lowest BCUT2D eigenvalue weighted by atomic mass is 9.86. The summed E-state index contributed by atoms with van der Waals surface area (Å²) in [6.07, 6.45) is 4.40. The van der Waals surface area contributed by atoms with Crippen molar-refractivity contribution in [3.05, 3.63) is 12.7 Å². The Hall–Kier alpha value is 0.0500. The summed E-state index contributed by atoms with van der Waals surface area (Å²) in [6.45, 7) is 8.90. The van der Waals surface area contributed by atoms with E-state index in [2.05, 4.69) is 20.4 Å². The van der Waals surface area contributed by atoms with Gasteiger partial charge in [0.25, 0.3) is 0 Å². The van der Waals surface area contributed by atoms with Crippen molar-refractivity contribution in [2.45, 2.75) is 26.7 Å². The number of hydrogen-bond donors (Lipinski definition) is 1. The van der Waals surface area contributed by atoms with E-state index < -0.39 is 0 Å². The van der Waals surface area contributed by atoms with Crippen LogP contribution in [0.4, 0.5) is 0 Å². The van der Waals surface area contributed by atoms with Crippen LogP contribution in [-0.2, 0) is 0 Å². The summed E-state index contributed by atoms with van der Waals surface area (Å²) in [4.78, 5) is 0. The summed E-state index contributed by atoms with van der Waals surface area (Å²) in [7, 11) is 0. The Morgan fingerprint density at radius 3 is 2.67 bits per heavy atom. The molecule has 0 spiro atoms. The quantitative estimate of drug-likeness (QED) is 0.490. The van der Waals surface area contributed by atoms with E-state index in [-0.39, 0.29) is 5.41 Å². The van der Waals surface area contributed by atoms with Crippen LogP contribution in [0.1, 0.15) is 26.7 Å². The molecule has 0 saturated carbocycles. The second-order valence-electron chi connectivity index (χ2n) is 3.36. The van der Waals surface area contributed by atoms with E-state index in [4.69, 9.17) is 5.73 Å². The van der Waals surface area contributed by atoms with E-state index in [1.165, 1.54) is 24.3 Å². The van der Waals surface area contributed by atoms with E-state index in [0.717, 1.165) is 0 Å². The molecule has 0 aromatic heterocycles. The van der Waals surface area contributed by atoms with Gasteiger partial charge in [0.15, 0.2) is 0 Å². The highest BCUT2D eigenvalue weighted by Gasteiger charge is 2.16. The van der Waals surface area contributed by atoms with Crippen LogP contribution in [0, 0.1) is 5.41 Å². The Kier molecular flexibility index (Phi) is 6.58. The van der Waals surface area contributed by atoms with Gasteiger partial charge in [-0.05, 0) is 29.8 Å². The summed E-state index contributed by atoms with van der Waals surface area (Å²) < 4.78 is 0. The Balaban J connectivity index is 3.51. The fourth-order valence-electron chi connectivity index (χ4n) is 1.01. The van der Waals surface area contributed by atoms with E-state index in [0.29, 0.717) is 6.54 Å². The molecule has 1 nitrogen and oxygen atoms in total. The van der Waals surface area contributed by atoms with Crippen molar-refractivity contribution in [3.63, 3.8) is 0 Å². The maximum Gasteiger partial charge on any atom is 0.00114 e. The summed E-state index contributed by atoms with van der Waals surface area (Å²) in [5.74, 6) is 2.47. The fourth-order valence-corrected chi connectivity index (χ4v) is 1.65. The van der Waals surface area contributed by atoms with E-state index >= 15 is 0 Å². The van der Waals surface area contributed by atoms with Gasteiger partial charge >= 0.3 is 0 Å². The van der Waals surface area contributed by atoms with Gasteiger partial charge in [0.2, 0.25) is 0 Å². The highest BCUT2D eigenvalue weighted by atomic mass is 32.2. The third kappa shape index (κ3) is 4.83. The van der Waals surface area contributed by atoms with Gasteiger partial charge in [-0.1, -0.05) is 19.9 Å². The monoisotopic (exact) mass is 187 g/mol. The topological polar surface area (TPSA) is 26.0 Å². The lowest BCUT2D eigenvalue weighted by Gasteiger charge is -2.23. The highest BCUT2D eigenvalue weighted by Crippen LogP contribution is 2.23. The molecule has 1 atom stereocenters. The maximum atomic E-state index is 5.65. The molecule has 0 heterocycles. The van der Waals surface area contributed by atoms with Crippen LogP contribution in [0.3, 0.4) is 0 Å². The molecule has 0 radical (unpaired) electrons. The molecule has 2 heteroatoms. The number of thioether (sulfide) groups is 1. The van der Waals surface area contributed by atoms with Crippen LogP contribution in [0.25, 0.3) is 0 Å². The normalized spacial score (nSPS) is 15.6. The van der Waals surface area contributed by atoms with Gasteiger partial charge in [-0.15, -0.1) is 6.58 Å². The van der Waals surface area contributed by atoms with Gasteiger partial charge in [0.05, 0.1) is 0 Å². The predicted molar refractivity (Wildman–Crippen MR) is 59.6 cm³/mol. The van der Waals surface area contributed by atoms with E-state index in [1.54, 1.807) is 0 Å². The number of nitrogens with two attached hydrogens (primary N) is 1.